The van der Waals surface area contributed by atoms with E-state index in [1.165, 1.54) is 15.8 Å². The maximum atomic E-state index is 3.59. The average Bonchev–Trinajstić information content (AvgIpc) is 2.08. The number of hydrogen-bond donors (Lipinski definition) is 1. The second-order valence-corrected chi connectivity index (χ2v) is 5.20. The Labute approximate surface area is 91.4 Å². The zero-order valence-corrected chi connectivity index (χ0v) is 9.86. The molecule has 1 saturated heterocycles. The van der Waals surface area contributed by atoms with E-state index in [1.54, 1.807) is 0 Å². The molecule has 0 bridgehead atoms. The topological polar surface area (TPSA) is 12.0 Å². The van der Waals surface area contributed by atoms with Crippen LogP contribution in [-0.2, 0) is 0 Å². The van der Waals surface area contributed by atoms with Crippen molar-refractivity contribution in [1.29, 1.82) is 0 Å². The van der Waals surface area contributed by atoms with Gasteiger partial charge in [-0.05, 0) is 18.7 Å². The van der Waals surface area contributed by atoms with Crippen LogP contribution in [0.25, 0.3) is 0 Å². The molecule has 2 atom stereocenters. The number of likely N-dealkylation sites (N-methyl/N-ethyl adjacent to an activating group) is 1. The number of thioether (sulfide) groups is 1. The maximum absolute atomic E-state index is 3.59. The molecule has 70 valence electrons. The minimum absolute atomic E-state index is 0.626. The largest absolute Gasteiger partial charge is 0.315 e. The highest BCUT2D eigenvalue weighted by molar-refractivity contribution is 9.10. The number of halogens is 1. The van der Waals surface area contributed by atoms with Gasteiger partial charge in [0, 0.05) is 21.5 Å². The molecular weight excluding hydrogens is 246 g/mol. The molecule has 0 saturated carbocycles. The third-order valence-corrected chi connectivity index (χ3v) is 4.62. The standard InChI is InChI=1S/C10H12BrNS/c1-12-9-6-13-10(9)7-4-2-3-5-8(7)11/h2-5,9-10,12H,6H2,1H3. The normalized spacial score (nSPS) is 26.9. The highest BCUT2D eigenvalue weighted by Crippen LogP contribution is 2.44. The van der Waals surface area contributed by atoms with Crippen molar-refractivity contribution < 1.29 is 0 Å². The minimum Gasteiger partial charge on any atom is -0.315 e. The molecule has 2 rings (SSSR count). The number of nitrogens with one attached hydrogen (secondary N) is 1. The molecule has 1 nitrogen and oxygen atoms in total. The molecule has 0 amide bonds. The van der Waals surface area contributed by atoms with Crippen LogP contribution in [0.15, 0.2) is 28.7 Å². The van der Waals surface area contributed by atoms with E-state index in [9.17, 15) is 0 Å². The van der Waals surface area contributed by atoms with Gasteiger partial charge in [0.15, 0.2) is 0 Å². The van der Waals surface area contributed by atoms with E-state index in [1.807, 2.05) is 18.8 Å². The Kier molecular flexibility index (Phi) is 2.96. The fourth-order valence-electron chi connectivity index (χ4n) is 1.54. The van der Waals surface area contributed by atoms with Gasteiger partial charge in [0.25, 0.3) is 0 Å². The van der Waals surface area contributed by atoms with Gasteiger partial charge in [0.05, 0.1) is 0 Å². The molecule has 13 heavy (non-hydrogen) atoms. The van der Waals surface area contributed by atoms with Gasteiger partial charge in [-0.2, -0.15) is 11.8 Å². The van der Waals surface area contributed by atoms with Crippen molar-refractivity contribution in [3.05, 3.63) is 34.3 Å². The van der Waals surface area contributed by atoms with Crippen LogP contribution in [0.5, 0.6) is 0 Å². The Morgan fingerprint density at radius 2 is 2.23 bits per heavy atom. The molecule has 1 aromatic carbocycles. The second-order valence-electron chi connectivity index (χ2n) is 3.17. The van der Waals surface area contributed by atoms with Crippen LogP contribution < -0.4 is 5.32 Å². The summed E-state index contributed by atoms with van der Waals surface area (Å²) >= 11 is 5.60. The Balaban J connectivity index is 2.21. The lowest BCUT2D eigenvalue weighted by molar-refractivity contribution is 0.572. The molecule has 0 spiro atoms. The molecule has 2 unspecified atom stereocenters. The highest BCUT2D eigenvalue weighted by atomic mass is 79.9. The van der Waals surface area contributed by atoms with Crippen LogP contribution >= 0.6 is 27.7 Å². The van der Waals surface area contributed by atoms with E-state index >= 15 is 0 Å². The third-order valence-electron chi connectivity index (χ3n) is 2.40. The fourth-order valence-corrected chi connectivity index (χ4v) is 3.48. The van der Waals surface area contributed by atoms with Crippen molar-refractivity contribution in [2.75, 3.05) is 12.8 Å². The molecule has 0 aliphatic carbocycles. The van der Waals surface area contributed by atoms with E-state index in [2.05, 4.69) is 45.5 Å². The lowest BCUT2D eigenvalue weighted by atomic mass is 10.1. The molecule has 0 aromatic heterocycles. The number of hydrogen-bond acceptors (Lipinski definition) is 2. The first-order valence-corrected chi connectivity index (χ1v) is 6.20. The lowest BCUT2D eigenvalue weighted by Gasteiger charge is -2.36. The quantitative estimate of drug-likeness (QED) is 0.875. The first kappa shape index (κ1) is 9.56. The lowest BCUT2D eigenvalue weighted by Crippen LogP contribution is -2.40. The fraction of sp³-hybridized carbons (Fsp3) is 0.400. The summed E-state index contributed by atoms with van der Waals surface area (Å²) in [6.45, 7) is 0. The Morgan fingerprint density at radius 3 is 2.77 bits per heavy atom. The van der Waals surface area contributed by atoms with Gasteiger partial charge in [0.2, 0.25) is 0 Å². The molecule has 1 aromatic rings. The highest BCUT2D eigenvalue weighted by Gasteiger charge is 2.32. The predicted octanol–water partition coefficient (Wildman–Crippen LogP) is 2.83. The van der Waals surface area contributed by atoms with Gasteiger partial charge in [0.1, 0.15) is 0 Å². The SMILES string of the molecule is CNC1CSC1c1ccccc1Br. The Hall–Kier alpha value is 0.01000. The molecule has 1 aliphatic heterocycles. The summed E-state index contributed by atoms with van der Waals surface area (Å²) in [7, 11) is 2.04. The number of rotatable bonds is 2. The molecule has 3 heteroatoms. The number of benzene rings is 1. The third kappa shape index (κ3) is 1.78. The van der Waals surface area contributed by atoms with E-state index in [0.29, 0.717) is 11.3 Å². The van der Waals surface area contributed by atoms with Crippen LogP contribution in [0, 0.1) is 0 Å². The van der Waals surface area contributed by atoms with Crippen LogP contribution in [-0.4, -0.2) is 18.8 Å². The van der Waals surface area contributed by atoms with Gasteiger partial charge in [-0.1, -0.05) is 34.1 Å². The van der Waals surface area contributed by atoms with Crippen molar-refractivity contribution in [1.82, 2.24) is 5.32 Å². The van der Waals surface area contributed by atoms with Gasteiger partial charge in [-0.25, -0.2) is 0 Å². The first-order valence-electron chi connectivity index (χ1n) is 4.36. The molecular formula is C10H12BrNS. The van der Waals surface area contributed by atoms with E-state index in [4.69, 9.17) is 0 Å². The van der Waals surface area contributed by atoms with Gasteiger partial charge >= 0.3 is 0 Å². The van der Waals surface area contributed by atoms with Crippen LogP contribution in [0.2, 0.25) is 0 Å². The van der Waals surface area contributed by atoms with Gasteiger partial charge in [-0.15, -0.1) is 0 Å². The van der Waals surface area contributed by atoms with E-state index in [0.717, 1.165) is 0 Å². The van der Waals surface area contributed by atoms with Crippen LogP contribution in [0.1, 0.15) is 10.8 Å². The van der Waals surface area contributed by atoms with Gasteiger partial charge in [-0.3, -0.25) is 0 Å². The zero-order chi connectivity index (χ0) is 9.26. The van der Waals surface area contributed by atoms with E-state index in [-0.39, 0.29) is 0 Å². The average molecular weight is 258 g/mol. The summed E-state index contributed by atoms with van der Waals surface area (Å²) in [6.07, 6.45) is 0. The summed E-state index contributed by atoms with van der Waals surface area (Å²) in [6, 6.07) is 9.12. The van der Waals surface area contributed by atoms with Crippen LogP contribution in [0.4, 0.5) is 0 Å². The van der Waals surface area contributed by atoms with Crippen molar-refractivity contribution in [2.24, 2.45) is 0 Å². The monoisotopic (exact) mass is 257 g/mol. The van der Waals surface area contributed by atoms with Crippen LogP contribution in [0.3, 0.4) is 0 Å². The summed E-state index contributed by atoms with van der Waals surface area (Å²) in [4.78, 5) is 0. The summed E-state index contributed by atoms with van der Waals surface area (Å²) < 4.78 is 1.23. The summed E-state index contributed by atoms with van der Waals surface area (Å²) in [5.74, 6) is 1.22. The first-order chi connectivity index (χ1) is 6.33. The smallest absolute Gasteiger partial charge is 0.0470 e. The molecule has 1 N–H and O–H groups in total. The minimum atomic E-state index is 0.626. The summed E-state index contributed by atoms with van der Waals surface area (Å²) in [5.41, 5.74) is 1.41. The predicted molar refractivity (Wildman–Crippen MR) is 62.2 cm³/mol. The Bertz CT molecular complexity index is 301. The molecule has 1 heterocycles. The van der Waals surface area contributed by atoms with Gasteiger partial charge < -0.3 is 5.32 Å². The zero-order valence-electron chi connectivity index (χ0n) is 7.46. The molecule has 1 fully saturated rings. The van der Waals surface area contributed by atoms with Crippen molar-refractivity contribution >= 4 is 27.7 Å². The maximum Gasteiger partial charge on any atom is 0.0470 e. The Morgan fingerprint density at radius 1 is 1.46 bits per heavy atom. The molecule has 1 aliphatic rings. The van der Waals surface area contributed by atoms with Crippen molar-refractivity contribution in [2.45, 2.75) is 11.3 Å². The van der Waals surface area contributed by atoms with Crippen molar-refractivity contribution in [3.63, 3.8) is 0 Å². The molecule has 0 radical (unpaired) electrons. The van der Waals surface area contributed by atoms with E-state index < -0.39 is 0 Å². The summed E-state index contributed by atoms with van der Waals surface area (Å²) in [5, 5.41) is 3.96. The van der Waals surface area contributed by atoms with Crippen molar-refractivity contribution in [3.8, 4) is 0 Å². The second kappa shape index (κ2) is 4.03.